The van der Waals surface area contributed by atoms with E-state index in [-0.39, 0.29) is 0 Å². The van der Waals surface area contributed by atoms with E-state index in [1.165, 1.54) is 0 Å². The molecule has 0 aliphatic carbocycles. The van der Waals surface area contributed by atoms with Crippen LogP contribution in [0.4, 0.5) is 0 Å². The van der Waals surface area contributed by atoms with Crippen LogP contribution in [0.5, 0.6) is 0 Å². The summed E-state index contributed by atoms with van der Waals surface area (Å²) in [5, 5.41) is 5.28. The second-order valence-corrected chi connectivity index (χ2v) is 6.05. The second-order valence-electron chi connectivity index (χ2n) is 4.76. The molecule has 0 saturated heterocycles. The van der Waals surface area contributed by atoms with Crippen molar-refractivity contribution in [2.24, 2.45) is 13.0 Å². The number of aromatic nitrogens is 4. The van der Waals surface area contributed by atoms with Crippen molar-refractivity contribution in [2.75, 3.05) is 0 Å². The lowest BCUT2D eigenvalue weighted by atomic mass is 10.0. The number of aryl methyl sites for hydroxylation is 1. The Hall–Kier alpha value is -0.970. The van der Waals surface area contributed by atoms with Gasteiger partial charge in [-0.2, -0.15) is 5.10 Å². The lowest BCUT2D eigenvalue weighted by molar-refractivity contribution is 0.569. The van der Waals surface area contributed by atoms with Crippen LogP contribution in [-0.2, 0) is 13.5 Å². The molecule has 0 aromatic carbocycles. The van der Waals surface area contributed by atoms with E-state index >= 15 is 0 Å². The molecule has 2 aromatic heterocycles. The lowest BCUT2D eigenvalue weighted by Crippen LogP contribution is -2.08. The molecule has 0 radical (unpaired) electrons. The molecule has 92 valence electrons. The number of fused-ring (bicyclic) bond motifs is 1. The van der Waals surface area contributed by atoms with E-state index in [0.29, 0.717) is 10.7 Å². The van der Waals surface area contributed by atoms with Crippen LogP contribution in [0.3, 0.4) is 0 Å². The van der Waals surface area contributed by atoms with Gasteiger partial charge in [0.1, 0.15) is 6.33 Å². The maximum absolute atomic E-state index is 4.37. The number of hydrogen-bond acceptors (Lipinski definition) is 3. The van der Waals surface area contributed by atoms with Gasteiger partial charge in [0.2, 0.25) is 0 Å². The Morgan fingerprint density at radius 2 is 2.12 bits per heavy atom. The third kappa shape index (κ3) is 2.83. The van der Waals surface area contributed by atoms with Gasteiger partial charge in [0.25, 0.3) is 0 Å². The first-order chi connectivity index (χ1) is 8.08. The average molecular weight is 297 g/mol. The highest BCUT2D eigenvalue weighted by molar-refractivity contribution is 9.09. The van der Waals surface area contributed by atoms with E-state index < -0.39 is 0 Å². The first-order valence-electron chi connectivity index (χ1n) is 5.83. The van der Waals surface area contributed by atoms with Crippen LogP contribution >= 0.6 is 15.9 Å². The topological polar surface area (TPSA) is 43.6 Å². The normalized spacial score (nSPS) is 13.5. The number of rotatable bonds is 4. The van der Waals surface area contributed by atoms with E-state index in [2.05, 4.69) is 44.8 Å². The highest BCUT2D eigenvalue weighted by Crippen LogP contribution is 2.21. The molecular formula is C12H17BrN4. The minimum atomic E-state index is 0.459. The Bertz CT molecular complexity index is 506. The predicted molar refractivity (Wildman–Crippen MR) is 72.2 cm³/mol. The van der Waals surface area contributed by atoms with Crippen LogP contribution in [0.2, 0.25) is 0 Å². The zero-order valence-corrected chi connectivity index (χ0v) is 12.0. The molecule has 0 spiro atoms. The summed E-state index contributed by atoms with van der Waals surface area (Å²) in [5.41, 5.74) is 1.98. The largest absolute Gasteiger partial charge is 0.250 e. The molecule has 17 heavy (non-hydrogen) atoms. The van der Waals surface area contributed by atoms with Gasteiger partial charge in [-0.3, -0.25) is 4.68 Å². The quantitative estimate of drug-likeness (QED) is 0.815. The summed E-state index contributed by atoms with van der Waals surface area (Å²) in [5.74, 6) is 0.686. The van der Waals surface area contributed by atoms with Gasteiger partial charge in [-0.1, -0.05) is 29.8 Å². The zero-order valence-electron chi connectivity index (χ0n) is 10.4. The number of alkyl halides is 1. The van der Waals surface area contributed by atoms with E-state index in [4.69, 9.17) is 0 Å². The van der Waals surface area contributed by atoms with Gasteiger partial charge in [0.15, 0.2) is 5.65 Å². The molecule has 1 atom stereocenters. The summed E-state index contributed by atoms with van der Waals surface area (Å²) in [6.07, 6.45) is 5.53. The van der Waals surface area contributed by atoms with Gasteiger partial charge in [0, 0.05) is 18.3 Å². The van der Waals surface area contributed by atoms with Crippen molar-refractivity contribution >= 4 is 27.0 Å². The molecule has 0 N–H and O–H groups in total. The third-order valence-corrected chi connectivity index (χ3v) is 3.45. The molecule has 4 nitrogen and oxygen atoms in total. The fraction of sp³-hybridized carbons (Fsp3) is 0.583. The molecule has 2 rings (SSSR count). The molecule has 0 amide bonds. The summed E-state index contributed by atoms with van der Waals surface area (Å²) >= 11 is 3.72. The molecule has 0 aliphatic rings. The van der Waals surface area contributed by atoms with Crippen molar-refractivity contribution in [1.29, 1.82) is 0 Å². The van der Waals surface area contributed by atoms with Crippen LogP contribution < -0.4 is 0 Å². The van der Waals surface area contributed by atoms with Gasteiger partial charge in [0.05, 0.1) is 17.3 Å². The fourth-order valence-electron chi connectivity index (χ4n) is 1.98. The first kappa shape index (κ1) is 12.5. The Kier molecular flexibility index (Phi) is 3.76. The molecule has 2 aromatic rings. The molecule has 5 heteroatoms. The molecule has 0 aliphatic heterocycles. The van der Waals surface area contributed by atoms with E-state index in [0.717, 1.165) is 29.6 Å². The van der Waals surface area contributed by atoms with Gasteiger partial charge < -0.3 is 0 Å². The van der Waals surface area contributed by atoms with Gasteiger partial charge in [-0.25, -0.2) is 9.97 Å². The highest BCUT2D eigenvalue weighted by Gasteiger charge is 2.13. The Morgan fingerprint density at radius 3 is 2.82 bits per heavy atom. The van der Waals surface area contributed by atoms with Crippen LogP contribution in [0.15, 0.2) is 12.5 Å². The summed E-state index contributed by atoms with van der Waals surface area (Å²) < 4.78 is 1.78. The van der Waals surface area contributed by atoms with Crippen molar-refractivity contribution in [2.45, 2.75) is 31.5 Å². The second kappa shape index (κ2) is 5.12. The van der Waals surface area contributed by atoms with Crippen molar-refractivity contribution in [3.05, 3.63) is 18.2 Å². The van der Waals surface area contributed by atoms with Crippen molar-refractivity contribution < 1.29 is 0 Å². The monoisotopic (exact) mass is 296 g/mol. The predicted octanol–water partition coefficient (Wildman–Crippen LogP) is 2.72. The van der Waals surface area contributed by atoms with Crippen molar-refractivity contribution in [3.8, 4) is 0 Å². The Morgan fingerprint density at radius 1 is 1.35 bits per heavy atom. The van der Waals surface area contributed by atoms with Gasteiger partial charge in [-0.15, -0.1) is 0 Å². The summed E-state index contributed by atoms with van der Waals surface area (Å²) in [6, 6.07) is 0. The third-order valence-electron chi connectivity index (χ3n) is 2.75. The highest BCUT2D eigenvalue weighted by atomic mass is 79.9. The molecule has 0 saturated carbocycles. The van der Waals surface area contributed by atoms with E-state index in [1.54, 1.807) is 11.0 Å². The number of halogens is 1. The summed E-state index contributed by atoms with van der Waals surface area (Å²) in [6.45, 7) is 4.46. The molecule has 2 heterocycles. The SMILES string of the molecule is CC(C)CC(Br)Cc1ncnc2c1cnn2C. The Balaban J connectivity index is 2.24. The van der Waals surface area contributed by atoms with Gasteiger partial charge in [-0.05, 0) is 12.3 Å². The fourth-order valence-corrected chi connectivity index (χ4v) is 3.03. The number of nitrogens with zero attached hydrogens (tertiary/aromatic N) is 4. The molecule has 0 bridgehead atoms. The summed E-state index contributed by atoms with van der Waals surface area (Å²) in [7, 11) is 1.90. The van der Waals surface area contributed by atoms with E-state index in [9.17, 15) is 0 Å². The number of hydrogen-bond donors (Lipinski definition) is 0. The maximum atomic E-state index is 4.37. The van der Waals surface area contributed by atoms with E-state index in [1.807, 2.05) is 13.2 Å². The smallest absolute Gasteiger partial charge is 0.161 e. The molecule has 1 unspecified atom stereocenters. The lowest BCUT2D eigenvalue weighted by Gasteiger charge is -2.11. The van der Waals surface area contributed by atoms with Crippen LogP contribution in [0, 0.1) is 5.92 Å². The maximum Gasteiger partial charge on any atom is 0.161 e. The molecular weight excluding hydrogens is 280 g/mol. The van der Waals surface area contributed by atoms with Crippen LogP contribution in [0.1, 0.15) is 26.0 Å². The first-order valence-corrected chi connectivity index (χ1v) is 6.75. The van der Waals surface area contributed by atoms with Crippen molar-refractivity contribution in [3.63, 3.8) is 0 Å². The van der Waals surface area contributed by atoms with Crippen molar-refractivity contribution in [1.82, 2.24) is 19.7 Å². The van der Waals surface area contributed by atoms with Gasteiger partial charge >= 0.3 is 0 Å². The van der Waals surface area contributed by atoms with Crippen LogP contribution in [0.25, 0.3) is 11.0 Å². The standard InChI is InChI=1S/C12H17BrN4/c1-8(2)4-9(13)5-11-10-6-16-17(3)12(10)15-7-14-11/h6-9H,4-5H2,1-3H3. The minimum Gasteiger partial charge on any atom is -0.250 e. The Labute approximate surface area is 110 Å². The molecule has 0 fully saturated rings. The summed E-state index contributed by atoms with van der Waals surface area (Å²) in [4.78, 5) is 9.08. The minimum absolute atomic E-state index is 0.459. The zero-order chi connectivity index (χ0) is 12.4. The average Bonchev–Trinajstić information content (AvgIpc) is 2.61. The van der Waals surface area contributed by atoms with Crippen LogP contribution in [-0.4, -0.2) is 24.6 Å².